The first-order valence-electron chi connectivity index (χ1n) is 10.8. The number of aliphatic imine (C=N–C) groups is 1. The van der Waals surface area contributed by atoms with E-state index in [0.29, 0.717) is 12.4 Å². The molecule has 2 N–H and O–H groups in total. The first kappa shape index (κ1) is 26.4. The number of nitrogens with zero attached hydrogens (tertiary/aromatic N) is 3. The monoisotopic (exact) mass is 565 g/mol. The number of guanidine groups is 1. The highest BCUT2D eigenvalue weighted by atomic mass is 127. The van der Waals surface area contributed by atoms with Gasteiger partial charge in [-0.2, -0.15) is 4.98 Å². The summed E-state index contributed by atoms with van der Waals surface area (Å²) in [6, 6.07) is 13.9. The van der Waals surface area contributed by atoms with Crippen LogP contribution in [-0.2, 0) is 19.4 Å². The summed E-state index contributed by atoms with van der Waals surface area (Å²) in [6.45, 7) is 6.09. The van der Waals surface area contributed by atoms with Crippen LogP contribution in [0.1, 0.15) is 30.8 Å². The standard InChI is InChI=1S/C24H31N5O3.HI/c1-5-22-28-23(32-29-22)18-9-7-17(8-10-18)13-14-26-24(25-6-2)27-16-19-11-12-20(30-3)15-21(19)31-4;/h7-12,15H,5-6,13-14,16H2,1-4H3,(H2,25,26,27);1H. The summed E-state index contributed by atoms with van der Waals surface area (Å²) in [5.74, 6) is 3.56. The van der Waals surface area contributed by atoms with E-state index in [9.17, 15) is 0 Å². The minimum absolute atomic E-state index is 0. The predicted molar refractivity (Wildman–Crippen MR) is 141 cm³/mol. The summed E-state index contributed by atoms with van der Waals surface area (Å²) in [7, 11) is 3.29. The summed E-state index contributed by atoms with van der Waals surface area (Å²) in [6.07, 6.45) is 1.62. The van der Waals surface area contributed by atoms with Crippen LogP contribution in [0.4, 0.5) is 0 Å². The molecular formula is C24H32IN5O3. The lowest BCUT2D eigenvalue weighted by Gasteiger charge is -2.13. The van der Waals surface area contributed by atoms with Crippen LogP contribution < -0.4 is 20.1 Å². The van der Waals surface area contributed by atoms with Gasteiger partial charge in [0.2, 0.25) is 0 Å². The fourth-order valence-corrected chi connectivity index (χ4v) is 3.14. The van der Waals surface area contributed by atoms with Crippen LogP contribution in [0, 0.1) is 0 Å². The highest BCUT2D eigenvalue weighted by Crippen LogP contribution is 2.25. The molecule has 1 aromatic heterocycles. The number of ether oxygens (including phenoxy) is 2. The van der Waals surface area contributed by atoms with E-state index in [4.69, 9.17) is 14.0 Å². The van der Waals surface area contributed by atoms with Gasteiger partial charge in [0.05, 0.1) is 20.8 Å². The predicted octanol–water partition coefficient (Wildman–Crippen LogP) is 4.23. The van der Waals surface area contributed by atoms with Crippen LogP contribution in [-0.4, -0.2) is 43.4 Å². The third-order valence-corrected chi connectivity index (χ3v) is 4.94. The molecule has 0 aliphatic carbocycles. The van der Waals surface area contributed by atoms with Gasteiger partial charge in [0.15, 0.2) is 11.8 Å². The van der Waals surface area contributed by atoms with Gasteiger partial charge in [-0.15, -0.1) is 24.0 Å². The topological polar surface area (TPSA) is 93.8 Å². The molecule has 0 amide bonds. The molecule has 178 valence electrons. The normalized spacial score (nSPS) is 11.0. The molecule has 0 fully saturated rings. The number of rotatable bonds is 10. The molecule has 8 nitrogen and oxygen atoms in total. The second-order valence-electron chi connectivity index (χ2n) is 7.12. The zero-order chi connectivity index (χ0) is 22.8. The Labute approximate surface area is 212 Å². The van der Waals surface area contributed by atoms with Crippen LogP contribution in [0.2, 0.25) is 0 Å². The molecule has 0 spiro atoms. The van der Waals surface area contributed by atoms with Crippen LogP contribution in [0.25, 0.3) is 11.5 Å². The van der Waals surface area contributed by atoms with E-state index >= 15 is 0 Å². The van der Waals surface area contributed by atoms with Gasteiger partial charge >= 0.3 is 0 Å². The highest BCUT2D eigenvalue weighted by Gasteiger charge is 2.08. The molecule has 0 bridgehead atoms. The number of hydrogen-bond donors (Lipinski definition) is 2. The quantitative estimate of drug-likeness (QED) is 0.216. The summed E-state index contributed by atoms with van der Waals surface area (Å²) < 4.78 is 16.0. The Morgan fingerprint density at radius 1 is 1.03 bits per heavy atom. The third kappa shape index (κ3) is 7.62. The molecule has 0 unspecified atom stereocenters. The molecule has 3 aromatic rings. The molecule has 2 aromatic carbocycles. The second kappa shape index (κ2) is 13.7. The second-order valence-corrected chi connectivity index (χ2v) is 7.12. The third-order valence-electron chi connectivity index (χ3n) is 4.94. The minimum Gasteiger partial charge on any atom is -0.497 e. The largest absolute Gasteiger partial charge is 0.497 e. The van der Waals surface area contributed by atoms with Gasteiger partial charge in [0.25, 0.3) is 5.89 Å². The van der Waals surface area contributed by atoms with Crippen LogP contribution in [0.15, 0.2) is 52.0 Å². The van der Waals surface area contributed by atoms with Crippen molar-refractivity contribution < 1.29 is 14.0 Å². The zero-order valence-electron chi connectivity index (χ0n) is 19.6. The number of halogens is 1. The highest BCUT2D eigenvalue weighted by molar-refractivity contribution is 14.0. The summed E-state index contributed by atoms with van der Waals surface area (Å²) in [5, 5.41) is 10.6. The van der Waals surface area contributed by atoms with Crippen LogP contribution in [0.3, 0.4) is 0 Å². The van der Waals surface area contributed by atoms with Gasteiger partial charge in [0, 0.05) is 36.7 Å². The van der Waals surface area contributed by atoms with E-state index < -0.39 is 0 Å². The zero-order valence-corrected chi connectivity index (χ0v) is 21.9. The Balaban J connectivity index is 0.00000385. The number of aromatic nitrogens is 2. The lowest BCUT2D eigenvalue weighted by atomic mass is 10.1. The number of nitrogens with one attached hydrogen (secondary N) is 2. The molecular weight excluding hydrogens is 533 g/mol. The first-order valence-corrected chi connectivity index (χ1v) is 10.8. The molecule has 0 saturated carbocycles. The average Bonchev–Trinajstić information content (AvgIpc) is 3.32. The molecule has 0 aliphatic rings. The smallest absolute Gasteiger partial charge is 0.257 e. The van der Waals surface area contributed by atoms with E-state index in [2.05, 4.69) is 37.9 Å². The van der Waals surface area contributed by atoms with Crippen molar-refractivity contribution in [3.05, 3.63) is 59.4 Å². The number of benzene rings is 2. The molecule has 1 heterocycles. The van der Waals surface area contributed by atoms with Gasteiger partial charge in [-0.25, -0.2) is 4.99 Å². The van der Waals surface area contributed by atoms with E-state index in [1.807, 2.05) is 44.2 Å². The van der Waals surface area contributed by atoms with Crippen molar-refractivity contribution in [2.75, 3.05) is 27.3 Å². The lowest BCUT2D eigenvalue weighted by Crippen LogP contribution is -2.38. The van der Waals surface area contributed by atoms with Gasteiger partial charge < -0.3 is 24.6 Å². The lowest BCUT2D eigenvalue weighted by molar-refractivity contribution is 0.391. The van der Waals surface area contributed by atoms with Gasteiger partial charge in [0.1, 0.15) is 11.5 Å². The van der Waals surface area contributed by atoms with Crippen molar-refractivity contribution in [1.82, 2.24) is 20.8 Å². The van der Waals surface area contributed by atoms with Crippen LogP contribution >= 0.6 is 24.0 Å². The van der Waals surface area contributed by atoms with E-state index in [-0.39, 0.29) is 24.0 Å². The van der Waals surface area contributed by atoms with Crippen molar-refractivity contribution in [3.63, 3.8) is 0 Å². The maximum Gasteiger partial charge on any atom is 0.257 e. The van der Waals surface area contributed by atoms with Gasteiger partial charge in [-0.1, -0.05) is 24.2 Å². The Hall–Kier alpha value is -2.82. The van der Waals surface area contributed by atoms with E-state index in [1.165, 1.54) is 5.56 Å². The molecule has 0 atom stereocenters. The Bertz CT molecular complexity index is 1020. The van der Waals surface area contributed by atoms with Crippen LogP contribution in [0.5, 0.6) is 11.5 Å². The molecule has 0 saturated heterocycles. The van der Waals surface area contributed by atoms with Crippen molar-refractivity contribution in [1.29, 1.82) is 0 Å². The Morgan fingerprint density at radius 2 is 1.82 bits per heavy atom. The Morgan fingerprint density at radius 3 is 2.45 bits per heavy atom. The minimum atomic E-state index is 0. The number of hydrogen-bond acceptors (Lipinski definition) is 6. The molecule has 3 rings (SSSR count). The maximum absolute atomic E-state index is 5.46. The number of methoxy groups -OCH3 is 2. The molecule has 33 heavy (non-hydrogen) atoms. The SMILES string of the molecule is CCNC(=NCc1ccc(OC)cc1OC)NCCc1ccc(-c2nc(CC)no2)cc1.I. The fourth-order valence-electron chi connectivity index (χ4n) is 3.14. The molecule has 0 radical (unpaired) electrons. The average molecular weight is 565 g/mol. The van der Waals surface area contributed by atoms with Gasteiger partial charge in [-0.3, -0.25) is 0 Å². The van der Waals surface area contributed by atoms with Crippen molar-refractivity contribution in [2.45, 2.75) is 33.2 Å². The van der Waals surface area contributed by atoms with Crippen molar-refractivity contribution in [2.24, 2.45) is 4.99 Å². The molecule has 0 aliphatic heterocycles. The van der Waals surface area contributed by atoms with E-state index in [0.717, 1.165) is 60.3 Å². The summed E-state index contributed by atoms with van der Waals surface area (Å²) in [4.78, 5) is 9.06. The van der Waals surface area contributed by atoms with Crippen molar-refractivity contribution in [3.8, 4) is 23.0 Å². The summed E-state index contributed by atoms with van der Waals surface area (Å²) in [5.41, 5.74) is 3.13. The summed E-state index contributed by atoms with van der Waals surface area (Å²) >= 11 is 0. The fraction of sp³-hybridized carbons (Fsp3) is 0.375. The molecule has 9 heteroatoms. The maximum atomic E-state index is 5.46. The number of aryl methyl sites for hydroxylation is 1. The first-order chi connectivity index (χ1) is 15.7. The Kier molecular flexibility index (Phi) is 10.9. The van der Waals surface area contributed by atoms with E-state index in [1.54, 1.807) is 14.2 Å². The van der Waals surface area contributed by atoms with Crippen molar-refractivity contribution >= 4 is 29.9 Å². The van der Waals surface area contributed by atoms with Gasteiger partial charge in [-0.05, 0) is 43.2 Å².